The molecule has 3 N–H and O–H groups in total. The molecule has 0 radical (unpaired) electrons. The molecule has 0 heterocycles. The molecule has 1 aromatic carbocycles. The number of nitrogens with two attached hydrogens (primary N) is 1. The van der Waals surface area contributed by atoms with Crippen molar-refractivity contribution < 1.29 is 19.1 Å². The van der Waals surface area contributed by atoms with Crippen molar-refractivity contribution in [1.29, 1.82) is 0 Å². The zero-order chi connectivity index (χ0) is 15.5. The van der Waals surface area contributed by atoms with Gasteiger partial charge in [0.15, 0.2) is 0 Å². The number of hydrogen-bond acceptors (Lipinski definition) is 5. The third-order valence-corrected chi connectivity index (χ3v) is 2.59. The fraction of sp³-hybridized carbons (Fsp3) is 0.333. The number of carbonyl (C=O) groups excluding carboxylic acids is 2. The molecule has 0 aliphatic heterocycles. The first-order valence-electron chi connectivity index (χ1n) is 6.62. The van der Waals surface area contributed by atoms with Crippen LogP contribution in [-0.2, 0) is 20.9 Å². The van der Waals surface area contributed by atoms with Crippen molar-refractivity contribution in [1.82, 2.24) is 5.32 Å². The number of ether oxygens (including phenoxy) is 2. The summed E-state index contributed by atoms with van der Waals surface area (Å²) >= 11 is 0. The Bertz CT molecular complexity index is 462. The van der Waals surface area contributed by atoms with Gasteiger partial charge in [0.25, 0.3) is 0 Å². The minimum Gasteiger partial charge on any atom is -0.460 e. The van der Waals surface area contributed by atoms with E-state index in [1.165, 1.54) is 6.08 Å². The van der Waals surface area contributed by atoms with E-state index in [1.807, 2.05) is 30.3 Å². The van der Waals surface area contributed by atoms with Crippen LogP contribution in [0.5, 0.6) is 0 Å². The smallest absolute Gasteiger partial charge is 0.408 e. The van der Waals surface area contributed by atoms with Gasteiger partial charge in [0.1, 0.15) is 19.3 Å². The van der Waals surface area contributed by atoms with Gasteiger partial charge in [-0.3, -0.25) is 0 Å². The number of esters is 1. The van der Waals surface area contributed by atoms with Gasteiger partial charge in [-0.05, 0) is 18.5 Å². The Kier molecular flexibility index (Phi) is 7.60. The fourth-order valence-electron chi connectivity index (χ4n) is 1.56. The van der Waals surface area contributed by atoms with Crippen molar-refractivity contribution in [2.45, 2.75) is 19.1 Å². The highest BCUT2D eigenvalue weighted by Gasteiger charge is 2.21. The van der Waals surface area contributed by atoms with E-state index in [4.69, 9.17) is 15.2 Å². The van der Waals surface area contributed by atoms with Gasteiger partial charge >= 0.3 is 12.1 Å². The van der Waals surface area contributed by atoms with Crippen molar-refractivity contribution in [3.63, 3.8) is 0 Å². The van der Waals surface area contributed by atoms with Crippen LogP contribution in [0.4, 0.5) is 4.79 Å². The molecular formula is C15H20N2O4. The second-order valence-electron chi connectivity index (χ2n) is 4.25. The summed E-state index contributed by atoms with van der Waals surface area (Å²) in [7, 11) is 0. The molecule has 0 saturated heterocycles. The van der Waals surface area contributed by atoms with E-state index in [1.54, 1.807) is 0 Å². The molecule has 0 aliphatic carbocycles. The summed E-state index contributed by atoms with van der Waals surface area (Å²) in [5.41, 5.74) is 6.28. The van der Waals surface area contributed by atoms with Crippen molar-refractivity contribution >= 4 is 12.1 Å². The van der Waals surface area contributed by atoms with E-state index in [0.717, 1.165) is 5.56 Å². The lowest BCUT2D eigenvalue weighted by Gasteiger charge is -2.16. The topological polar surface area (TPSA) is 90.6 Å². The molecule has 1 atom stereocenters. The first-order valence-corrected chi connectivity index (χ1v) is 6.62. The maximum Gasteiger partial charge on any atom is 0.408 e. The van der Waals surface area contributed by atoms with Crippen LogP contribution in [0.2, 0.25) is 0 Å². The summed E-state index contributed by atoms with van der Waals surface area (Å²) < 4.78 is 9.93. The van der Waals surface area contributed by atoms with Gasteiger partial charge in [0.05, 0.1) is 0 Å². The summed E-state index contributed by atoms with van der Waals surface area (Å²) in [6.07, 6.45) is 1.04. The predicted octanol–water partition coefficient (Wildman–Crippen LogP) is 1.36. The van der Waals surface area contributed by atoms with E-state index < -0.39 is 18.1 Å². The van der Waals surface area contributed by atoms with Gasteiger partial charge in [-0.25, -0.2) is 9.59 Å². The zero-order valence-electron chi connectivity index (χ0n) is 11.8. The molecule has 6 heteroatoms. The van der Waals surface area contributed by atoms with Crippen LogP contribution >= 0.6 is 0 Å². The van der Waals surface area contributed by atoms with Crippen LogP contribution in [0, 0.1) is 0 Å². The molecule has 1 aromatic rings. The standard InChI is InChI=1S/C15H20N2O4/c1-2-10-20-14(18)13(8-9-16)17-15(19)21-11-12-6-4-3-5-7-12/h2-7,13H,1,8-11,16H2,(H,17,19)/t13-/m0/s1. The Hall–Kier alpha value is -2.34. The first-order chi connectivity index (χ1) is 10.2. The Morgan fingerprint density at radius 2 is 2.00 bits per heavy atom. The molecule has 0 aromatic heterocycles. The summed E-state index contributed by atoms with van der Waals surface area (Å²) in [6, 6.07) is 8.42. The number of alkyl carbamates (subject to hydrolysis) is 1. The number of nitrogens with one attached hydrogen (secondary N) is 1. The zero-order valence-corrected chi connectivity index (χ0v) is 11.8. The first kappa shape index (κ1) is 16.7. The SMILES string of the molecule is C=CCOC(=O)[C@H](CCN)NC(=O)OCc1ccccc1. The third kappa shape index (κ3) is 6.58. The normalized spacial score (nSPS) is 11.3. The largest absolute Gasteiger partial charge is 0.460 e. The highest BCUT2D eigenvalue weighted by molar-refractivity contribution is 5.81. The van der Waals surface area contributed by atoms with E-state index in [9.17, 15) is 9.59 Å². The highest BCUT2D eigenvalue weighted by Crippen LogP contribution is 2.02. The maximum atomic E-state index is 11.7. The van der Waals surface area contributed by atoms with Crippen LogP contribution in [-0.4, -0.2) is 31.3 Å². The average Bonchev–Trinajstić information content (AvgIpc) is 2.51. The molecular weight excluding hydrogens is 272 g/mol. The second kappa shape index (κ2) is 9.55. The Morgan fingerprint density at radius 3 is 2.62 bits per heavy atom. The van der Waals surface area contributed by atoms with Crippen LogP contribution in [0.3, 0.4) is 0 Å². The molecule has 0 bridgehead atoms. The van der Waals surface area contributed by atoms with Crippen LogP contribution in [0.1, 0.15) is 12.0 Å². The Balaban J connectivity index is 2.44. The Labute approximate surface area is 123 Å². The van der Waals surface area contributed by atoms with Crippen molar-refractivity contribution in [2.75, 3.05) is 13.2 Å². The Morgan fingerprint density at radius 1 is 1.29 bits per heavy atom. The molecule has 0 spiro atoms. The van der Waals surface area contributed by atoms with Crippen molar-refractivity contribution in [3.05, 3.63) is 48.6 Å². The number of hydrogen-bond donors (Lipinski definition) is 2. The molecule has 114 valence electrons. The van der Waals surface area contributed by atoms with Gasteiger partial charge < -0.3 is 20.5 Å². The molecule has 1 amide bonds. The minimum absolute atomic E-state index is 0.0840. The summed E-state index contributed by atoms with van der Waals surface area (Å²) in [4.78, 5) is 23.4. The van der Waals surface area contributed by atoms with E-state index in [2.05, 4.69) is 11.9 Å². The van der Waals surface area contributed by atoms with E-state index >= 15 is 0 Å². The van der Waals surface area contributed by atoms with E-state index in [-0.39, 0.29) is 26.2 Å². The van der Waals surface area contributed by atoms with Crippen LogP contribution < -0.4 is 11.1 Å². The molecule has 0 aliphatic rings. The van der Waals surface area contributed by atoms with Gasteiger partial charge in [0.2, 0.25) is 0 Å². The maximum absolute atomic E-state index is 11.7. The lowest BCUT2D eigenvalue weighted by Crippen LogP contribution is -2.43. The third-order valence-electron chi connectivity index (χ3n) is 2.59. The fourth-order valence-corrected chi connectivity index (χ4v) is 1.56. The van der Waals surface area contributed by atoms with Crippen LogP contribution in [0.25, 0.3) is 0 Å². The predicted molar refractivity (Wildman–Crippen MR) is 78.4 cm³/mol. The molecule has 21 heavy (non-hydrogen) atoms. The van der Waals surface area contributed by atoms with E-state index in [0.29, 0.717) is 0 Å². The average molecular weight is 292 g/mol. The van der Waals surface area contributed by atoms with Gasteiger partial charge in [-0.1, -0.05) is 43.0 Å². The molecule has 1 rings (SSSR count). The lowest BCUT2D eigenvalue weighted by atomic mass is 10.2. The van der Waals surface area contributed by atoms with Crippen molar-refractivity contribution in [2.24, 2.45) is 5.73 Å². The van der Waals surface area contributed by atoms with Gasteiger partial charge in [-0.15, -0.1) is 0 Å². The highest BCUT2D eigenvalue weighted by atomic mass is 16.6. The van der Waals surface area contributed by atoms with Gasteiger partial charge in [0, 0.05) is 0 Å². The quantitative estimate of drug-likeness (QED) is 0.557. The number of amides is 1. The minimum atomic E-state index is -0.821. The lowest BCUT2D eigenvalue weighted by molar-refractivity contribution is -0.144. The number of rotatable bonds is 8. The van der Waals surface area contributed by atoms with Gasteiger partial charge in [-0.2, -0.15) is 0 Å². The van der Waals surface area contributed by atoms with Crippen LogP contribution in [0.15, 0.2) is 43.0 Å². The molecule has 0 saturated carbocycles. The summed E-state index contributed by atoms with van der Waals surface area (Å²) in [5.74, 6) is -0.558. The monoisotopic (exact) mass is 292 g/mol. The second-order valence-corrected chi connectivity index (χ2v) is 4.25. The molecule has 0 fully saturated rings. The molecule has 0 unspecified atom stereocenters. The molecule has 6 nitrogen and oxygen atoms in total. The summed E-state index contributed by atoms with van der Waals surface area (Å²) in [6.45, 7) is 3.90. The number of benzene rings is 1. The summed E-state index contributed by atoms with van der Waals surface area (Å²) in [5, 5.41) is 2.45. The number of carbonyl (C=O) groups is 2. The van der Waals surface area contributed by atoms with Crippen molar-refractivity contribution in [3.8, 4) is 0 Å².